The molecular weight excluding hydrogens is 250 g/mol. The molecular formula is C12H13N3O4. The fraction of sp³-hybridized carbons (Fsp3) is 0.333. The Bertz CT molecular complexity index is 580. The lowest BCUT2D eigenvalue weighted by molar-refractivity contribution is -0.385. The molecule has 0 unspecified atom stereocenters. The summed E-state index contributed by atoms with van der Waals surface area (Å²) >= 11 is 0. The first kappa shape index (κ1) is 13.2. The van der Waals surface area contributed by atoms with Crippen molar-refractivity contribution in [3.05, 3.63) is 39.9 Å². The molecule has 0 radical (unpaired) electrons. The van der Waals surface area contributed by atoms with Gasteiger partial charge in [-0.3, -0.25) is 14.9 Å². The maximum Gasteiger partial charge on any atom is 0.283 e. The molecule has 100 valence electrons. The molecule has 0 bridgehead atoms. The molecule has 0 aliphatic carbocycles. The van der Waals surface area contributed by atoms with Gasteiger partial charge in [-0.05, 0) is 19.9 Å². The van der Waals surface area contributed by atoms with Crippen LogP contribution in [0.1, 0.15) is 30.6 Å². The summed E-state index contributed by atoms with van der Waals surface area (Å²) in [7, 11) is 0. The van der Waals surface area contributed by atoms with Crippen molar-refractivity contribution >= 4 is 17.3 Å². The second kappa shape index (κ2) is 4.43. The third kappa shape index (κ3) is 2.32. The number of carbonyl (C=O) groups is 1. The number of nitro benzene ring substituents is 1. The first-order valence-electron chi connectivity index (χ1n) is 5.67. The second-order valence-corrected chi connectivity index (χ2v) is 4.62. The van der Waals surface area contributed by atoms with Gasteiger partial charge in [-0.2, -0.15) is 10.1 Å². The van der Waals surface area contributed by atoms with Crippen LogP contribution in [0.3, 0.4) is 0 Å². The van der Waals surface area contributed by atoms with Gasteiger partial charge in [0.15, 0.2) is 5.72 Å². The summed E-state index contributed by atoms with van der Waals surface area (Å²) in [6.07, 6.45) is 0.222. The van der Waals surface area contributed by atoms with Crippen molar-refractivity contribution in [2.45, 2.75) is 26.0 Å². The van der Waals surface area contributed by atoms with Gasteiger partial charge < -0.3 is 5.11 Å². The SMILES string of the molecule is CC1=NN(C(=O)c2ccccc2[N+](=O)[O-])[C@](C)(O)C1. The van der Waals surface area contributed by atoms with E-state index in [-0.39, 0.29) is 17.7 Å². The van der Waals surface area contributed by atoms with Crippen molar-refractivity contribution in [1.82, 2.24) is 5.01 Å². The van der Waals surface area contributed by atoms with E-state index >= 15 is 0 Å². The molecule has 0 aromatic heterocycles. The van der Waals surface area contributed by atoms with Crippen LogP contribution in [0.15, 0.2) is 29.4 Å². The number of hydrazone groups is 1. The zero-order valence-corrected chi connectivity index (χ0v) is 10.5. The highest BCUT2D eigenvalue weighted by Gasteiger charge is 2.40. The average Bonchev–Trinajstić information content (AvgIpc) is 2.61. The molecule has 1 aromatic rings. The number of amides is 1. The van der Waals surface area contributed by atoms with Crippen LogP contribution in [0.25, 0.3) is 0 Å². The zero-order valence-electron chi connectivity index (χ0n) is 10.5. The summed E-state index contributed by atoms with van der Waals surface area (Å²) in [5.74, 6) is -0.686. The molecule has 0 saturated carbocycles. The molecule has 7 heteroatoms. The standard InChI is InChI=1S/C12H13N3O4/c1-8-7-12(2,17)14(13-8)11(16)9-5-3-4-6-10(9)15(18)19/h3-6,17H,7H2,1-2H3/t12-/m1/s1. The molecule has 2 rings (SSSR count). The Labute approximate surface area is 109 Å². The molecule has 0 spiro atoms. The van der Waals surface area contributed by atoms with E-state index in [4.69, 9.17) is 0 Å². The summed E-state index contributed by atoms with van der Waals surface area (Å²) in [5, 5.41) is 25.8. The number of nitro groups is 1. The van der Waals surface area contributed by atoms with Gasteiger partial charge in [0.2, 0.25) is 0 Å². The fourth-order valence-corrected chi connectivity index (χ4v) is 2.07. The lowest BCUT2D eigenvalue weighted by Crippen LogP contribution is -2.43. The quantitative estimate of drug-likeness (QED) is 0.646. The molecule has 0 fully saturated rings. The van der Waals surface area contributed by atoms with Gasteiger partial charge in [-0.25, -0.2) is 0 Å². The highest BCUT2D eigenvalue weighted by Crippen LogP contribution is 2.29. The van der Waals surface area contributed by atoms with Gasteiger partial charge in [0, 0.05) is 18.2 Å². The minimum atomic E-state index is -1.45. The Kier molecular flexibility index (Phi) is 3.07. The van der Waals surface area contributed by atoms with Gasteiger partial charge >= 0.3 is 0 Å². The van der Waals surface area contributed by atoms with E-state index in [1.807, 2.05) is 0 Å². The van der Waals surface area contributed by atoms with E-state index in [2.05, 4.69) is 5.10 Å². The number of aliphatic hydroxyl groups is 1. The van der Waals surface area contributed by atoms with E-state index < -0.39 is 16.6 Å². The third-order valence-electron chi connectivity index (χ3n) is 2.84. The summed E-state index contributed by atoms with van der Waals surface area (Å²) < 4.78 is 0. The Morgan fingerprint density at radius 1 is 1.53 bits per heavy atom. The van der Waals surface area contributed by atoms with Gasteiger partial charge in [0.25, 0.3) is 11.6 Å². The van der Waals surface area contributed by atoms with Crippen LogP contribution >= 0.6 is 0 Å². The summed E-state index contributed by atoms with van der Waals surface area (Å²) in [6.45, 7) is 3.13. The summed E-state index contributed by atoms with van der Waals surface area (Å²) in [4.78, 5) is 22.6. The van der Waals surface area contributed by atoms with E-state index in [0.717, 1.165) is 5.01 Å². The van der Waals surface area contributed by atoms with Crippen LogP contribution < -0.4 is 0 Å². The minimum Gasteiger partial charge on any atom is -0.369 e. The van der Waals surface area contributed by atoms with Crippen LogP contribution in [0, 0.1) is 10.1 Å². The topological polar surface area (TPSA) is 96.0 Å². The highest BCUT2D eigenvalue weighted by atomic mass is 16.6. The van der Waals surface area contributed by atoms with Crippen LogP contribution in [0.2, 0.25) is 0 Å². The number of hydrogen-bond acceptors (Lipinski definition) is 5. The predicted octanol–water partition coefficient (Wildman–Crippen LogP) is 1.53. The van der Waals surface area contributed by atoms with E-state index in [1.54, 1.807) is 6.92 Å². The lowest BCUT2D eigenvalue weighted by atomic mass is 10.1. The molecule has 1 N–H and O–H groups in total. The molecule has 19 heavy (non-hydrogen) atoms. The maximum atomic E-state index is 12.3. The number of para-hydroxylation sites is 1. The van der Waals surface area contributed by atoms with Crippen molar-refractivity contribution < 1.29 is 14.8 Å². The number of nitrogens with zero attached hydrogens (tertiary/aromatic N) is 3. The monoisotopic (exact) mass is 263 g/mol. The van der Waals surface area contributed by atoms with Crippen molar-refractivity contribution in [2.75, 3.05) is 0 Å². The summed E-state index contributed by atoms with van der Waals surface area (Å²) in [6, 6.07) is 5.60. The van der Waals surface area contributed by atoms with Crippen LogP contribution in [0.4, 0.5) is 5.69 Å². The number of benzene rings is 1. The van der Waals surface area contributed by atoms with Crippen LogP contribution in [0.5, 0.6) is 0 Å². The lowest BCUT2D eigenvalue weighted by Gasteiger charge is -2.26. The third-order valence-corrected chi connectivity index (χ3v) is 2.84. The fourth-order valence-electron chi connectivity index (χ4n) is 2.07. The zero-order chi connectivity index (χ0) is 14.2. The smallest absolute Gasteiger partial charge is 0.283 e. The highest BCUT2D eigenvalue weighted by molar-refractivity contribution is 6.00. The Hall–Kier alpha value is -2.28. The second-order valence-electron chi connectivity index (χ2n) is 4.62. The Balaban J connectivity index is 2.43. The molecule has 1 aliphatic heterocycles. The van der Waals surface area contributed by atoms with Crippen molar-refractivity contribution in [2.24, 2.45) is 5.10 Å². The molecule has 1 heterocycles. The first-order valence-corrected chi connectivity index (χ1v) is 5.67. The maximum absolute atomic E-state index is 12.3. The van der Waals surface area contributed by atoms with Gasteiger partial charge in [-0.1, -0.05) is 12.1 Å². The normalized spacial score (nSPS) is 22.3. The Morgan fingerprint density at radius 3 is 2.68 bits per heavy atom. The molecule has 1 atom stereocenters. The molecule has 1 aromatic carbocycles. The van der Waals surface area contributed by atoms with Gasteiger partial charge in [-0.15, -0.1) is 0 Å². The largest absolute Gasteiger partial charge is 0.369 e. The van der Waals surface area contributed by atoms with Crippen LogP contribution in [-0.4, -0.2) is 32.4 Å². The van der Waals surface area contributed by atoms with E-state index in [0.29, 0.717) is 5.71 Å². The minimum absolute atomic E-state index is 0.0915. The molecule has 1 aliphatic rings. The molecule has 7 nitrogen and oxygen atoms in total. The van der Waals surface area contributed by atoms with E-state index in [9.17, 15) is 20.0 Å². The van der Waals surface area contributed by atoms with Gasteiger partial charge in [0.05, 0.1) is 4.92 Å². The molecule has 0 saturated heterocycles. The van der Waals surface area contributed by atoms with Crippen LogP contribution in [-0.2, 0) is 0 Å². The first-order chi connectivity index (χ1) is 8.83. The summed E-state index contributed by atoms with van der Waals surface area (Å²) in [5.41, 5.74) is -1.25. The average molecular weight is 263 g/mol. The number of carbonyl (C=O) groups excluding carboxylic acids is 1. The van der Waals surface area contributed by atoms with Crippen molar-refractivity contribution in [3.8, 4) is 0 Å². The number of hydrogen-bond donors (Lipinski definition) is 1. The van der Waals surface area contributed by atoms with E-state index in [1.165, 1.54) is 31.2 Å². The predicted molar refractivity (Wildman–Crippen MR) is 67.6 cm³/mol. The van der Waals surface area contributed by atoms with Crippen molar-refractivity contribution in [1.29, 1.82) is 0 Å². The molecule has 1 amide bonds. The number of rotatable bonds is 2. The Morgan fingerprint density at radius 2 is 2.16 bits per heavy atom. The van der Waals surface area contributed by atoms with Gasteiger partial charge in [0.1, 0.15) is 5.56 Å². The van der Waals surface area contributed by atoms with Crippen molar-refractivity contribution in [3.63, 3.8) is 0 Å².